The lowest BCUT2D eigenvalue weighted by Gasteiger charge is -2.26. The first-order valence-electron chi connectivity index (χ1n) is 20.4. The minimum atomic E-state index is 0.619. The van der Waals surface area contributed by atoms with Crippen molar-refractivity contribution in [3.63, 3.8) is 0 Å². The third kappa shape index (κ3) is 8.09. The summed E-state index contributed by atoms with van der Waals surface area (Å²) < 4.78 is 0. The number of anilines is 3. The molecule has 288 valence electrons. The van der Waals surface area contributed by atoms with Crippen LogP contribution in [-0.4, -0.2) is 19.9 Å². The van der Waals surface area contributed by atoms with Gasteiger partial charge < -0.3 is 4.90 Å². The highest BCUT2D eigenvalue weighted by Crippen LogP contribution is 2.38. The topological polar surface area (TPSA) is 54.8 Å². The van der Waals surface area contributed by atoms with Gasteiger partial charge in [-0.2, -0.15) is 0 Å². The van der Waals surface area contributed by atoms with Gasteiger partial charge in [0.25, 0.3) is 0 Å². The Morgan fingerprint density at radius 2 is 0.541 bits per heavy atom. The fraction of sp³-hybridized carbons (Fsp3) is 0. The van der Waals surface area contributed by atoms with Crippen molar-refractivity contribution < 1.29 is 0 Å². The average Bonchev–Trinajstić information content (AvgIpc) is 3.36. The summed E-state index contributed by atoms with van der Waals surface area (Å²) in [7, 11) is 0. The van der Waals surface area contributed by atoms with Crippen molar-refractivity contribution in [2.45, 2.75) is 0 Å². The molecule has 10 rings (SSSR count). The van der Waals surface area contributed by atoms with Crippen molar-refractivity contribution in [3.05, 3.63) is 237 Å². The van der Waals surface area contributed by atoms with Crippen LogP contribution in [0, 0.1) is 0 Å². The van der Waals surface area contributed by atoms with E-state index in [1.165, 1.54) is 16.7 Å². The van der Waals surface area contributed by atoms with Gasteiger partial charge in [0.15, 0.2) is 17.5 Å². The summed E-state index contributed by atoms with van der Waals surface area (Å²) in [5, 5.41) is 0. The zero-order valence-corrected chi connectivity index (χ0v) is 33.3. The molecule has 0 aliphatic heterocycles. The monoisotopic (exact) mass is 781 g/mol. The normalized spacial score (nSPS) is 11.0. The lowest BCUT2D eigenvalue weighted by molar-refractivity contribution is 1.07. The van der Waals surface area contributed by atoms with Crippen LogP contribution in [0.25, 0.3) is 78.9 Å². The van der Waals surface area contributed by atoms with Gasteiger partial charge in [-0.3, -0.25) is 0 Å². The predicted molar refractivity (Wildman–Crippen MR) is 250 cm³/mol. The Bertz CT molecular complexity index is 2970. The third-order valence-corrected chi connectivity index (χ3v) is 10.8. The van der Waals surface area contributed by atoms with Crippen LogP contribution in [0.5, 0.6) is 0 Å². The molecular formula is C56H39N5. The Balaban J connectivity index is 0.950. The van der Waals surface area contributed by atoms with E-state index in [4.69, 9.17) is 19.9 Å². The molecule has 0 bridgehead atoms. The van der Waals surface area contributed by atoms with E-state index in [1.54, 1.807) is 0 Å². The van der Waals surface area contributed by atoms with Crippen molar-refractivity contribution in [1.29, 1.82) is 0 Å². The lowest BCUT2D eigenvalue weighted by Crippen LogP contribution is -2.10. The molecule has 5 nitrogen and oxygen atoms in total. The summed E-state index contributed by atoms with van der Waals surface area (Å²) in [5.74, 6) is 1.89. The van der Waals surface area contributed by atoms with Crippen molar-refractivity contribution >= 4 is 17.1 Å². The van der Waals surface area contributed by atoms with E-state index in [1.807, 2.05) is 60.7 Å². The highest BCUT2D eigenvalue weighted by atomic mass is 15.1. The average molecular weight is 782 g/mol. The van der Waals surface area contributed by atoms with Crippen LogP contribution in [-0.2, 0) is 0 Å². The van der Waals surface area contributed by atoms with E-state index in [2.05, 4.69) is 181 Å². The minimum absolute atomic E-state index is 0.619. The Kier molecular flexibility index (Phi) is 10.3. The van der Waals surface area contributed by atoms with E-state index in [-0.39, 0.29) is 0 Å². The van der Waals surface area contributed by atoms with Gasteiger partial charge >= 0.3 is 0 Å². The Hall–Kier alpha value is -8.28. The van der Waals surface area contributed by atoms with Crippen LogP contribution in [0.1, 0.15) is 0 Å². The van der Waals surface area contributed by atoms with Crippen LogP contribution in [0.4, 0.5) is 17.1 Å². The summed E-state index contributed by atoms with van der Waals surface area (Å²) in [6, 6.07) is 81.8. The molecule has 0 aliphatic carbocycles. The first kappa shape index (κ1) is 37.0. The fourth-order valence-electron chi connectivity index (χ4n) is 7.60. The molecule has 2 heterocycles. The first-order valence-corrected chi connectivity index (χ1v) is 20.4. The van der Waals surface area contributed by atoms with Gasteiger partial charge in [0.05, 0.1) is 11.4 Å². The number of hydrogen-bond acceptors (Lipinski definition) is 5. The maximum atomic E-state index is 5.14. The number of nitrogens with zero attached hydrogens (tertiary/aromatic N) is 5. The third-order valence-electron chi connectivity index (χ3n) is 10.8. The van der Waals surface area contributed by atoms with Gasteiger partial charge in [-0.25, -0.2) is 19.9 Å². The minimum Gasteiger partial charge on any atom is -0.310 e. The summed E-state index contributed by atoms with van der Waals surface area (Å²) in [4.78, 5) is 22.1. The maximum absolute atomic E-state index is 5.14. The fourth-order valence-corrected chi connectivity index (χ4v) is 7.60. The SMILES string of the molecule is c1ccc(-c2ccc(N(c3ccc(-c4cccc(-c5ccc(-c6nc(-c7ccccc7)nc(-c7ccccc7)n6)cc5)n4)cc3)c3cccc(-c4ccccc4)c3)cc2)cc1. The van der Waals surface area contributed by atoms with Crippen LogP contribution >= 0.6 is 0 Å². The zero-order chi connectivity index (χ0) is 40.8. The Labute approximate surface area is 356 Å². The molecule has 61 heavy (non-hydrogen) atoms. The van der Waals surface area contributed by atoms with Gasteiger partial charge in [-0.15, -0.1) is 0 Å². The summed E-state index contributed by atoms with van der Waals surface area (Å²) in [5.41, 5.74) is 14.5. The molecule has 0 fully saturated rings. The molecule has 0 saturated carbocycles. The maximum Gasteiger partial charge on any atom is 0.164 e. The molecule has 8 aromatic carbocycles. The van der Waals surface area contributed by atoms with Gasteiger partial charge in [0.2, 0.25) is 0 Å². The van der Waals surface area contributed by atoms with Crippen LogP contribution < -0.4 is 4.90 Å². The predicted octanol–water partition coefficient (Wildman–Crippen LogP) is 14.4. The highest BCUT2D eigenvalue weighted by Gasteiger charge is 2.16. The largest absolute Gasteiger partial charge is 0.310 e. The first-order chi connectivity index (χ1) is 30.2. The van der Waals surface area contributed by atoms with Crippen molar-refractivity contribution in [2.24, 2.45) is 0 Å². The number of aromatic nitrogens is 4. The molecule has 0 unspecified atom stereocenters. The lowest BCUT2D eigenvalue weighted by atomic mass is 10.0. The van der Waals surface area contributed by atoms with E-state index in [0.29, 0.717) is 17.5 Å². The quantitative estimate of drug-likeness (QED) is 0.138. The smallest absolute Gasteiger partial charge is 0.164 e. The van der Waals surface area contributed by atoms with Gasteiger partial charge in [0, 0.05) is 44.9 Å². The summed E-state index contributed by atoms with van der Waals surface area (Å²) in [6.45, 7) is 0. The van der Waals surface area contributed by atoms with E-state index < -0.39 is 0 Å². The molecule has 0 aliphatic rings. The van der Waals surface area contributed by atoms with Crippen LogP contribution in [0.15, 0.2) is 237 Å². The number of benzene rings is 8. The number of rotatable bonds is 10. The van der Waals surface area contributed by atoms with E-state index in [0.717, 1.165) is 61.8 Å². The molecule has 10 aromatic rings. The molecular weight excluding hydrogens is 743 g/mol. The molecule has 0 amide bonds. The van der Waals surface area contributed by atoms with Crippen molar-refractivity contribution in [3.8, 4) is 78.9 Å². The molecule has 5 heteroatoms. The number of pyridine rings is 1. The second-order valence-electron chi connectivity index (χ2n) is 14.7. The van der Waals surface area contributed by atoms with Crippen LogP contribution in [0.2, 0.25) is 0 Å². The molecule has 2 aromatic heterocycles. The highest BCUT2D eigenvalue weighted by molar-refractivity contribution is 5.82. The second kappa shape index (κ2) is 16.9. The van der Waals surface area contributed by atoms with Gasteiger partial charge in [-0.05, 0) is 70.8 Å². The molecule has 0 spiro atoms. The van der Waals surface area contributed by atoms with Crippen LogP contribution in [0.3, 0.4) is 0 Å². The van der Waals surface area contributed by atoms with E-state index >= 15 is 0 Å². The van der Waals surface area contributed by atoms with Crippen molar-refractivity contribution in [1.82, 2.24) is 19.9 Å². The molecule has 0 radical (unpaired) electrons. The standard InChI is InChI=1S/C56H39N5/c1-5-15-40(16-6-1)42-31-35-49(36-32-42)61(51-24-13-23-48(39-51)41-17-7-2-8-18-41)50-37-33-44(34-38-50)53-26-14-25-52(57-53)43-27-29-47(30-28-43)56-59-54(45-19-9-3-10-20-45)58-55(60-56)46-21-11-4-12-22-46/h1-39H. The Morgan fingerprint density at radius 1 is 0.213 bits per heavy atom. The van der Waals surface area contributed by atoms with Gasteiger partial charge in [0.1, 0.15) is 0 Å². The second-order valence-corrected chi connectivity index (χ2v) is 14.7. The zero-order valence-electron chi connectivity index (χ0n) is 33.3. The molecule has 0 saturated heterocycles. The summed E-state index contributed by atoms with van der Waals surface area (Å²) in [6.07, 6.45) is 0. The summed E-state index contributed by atoms with van der Waals surface area (Å²) >= 11 is 0. The van der Waals surface area contributed by atoms with Gasteiger partial charge in [-0.1, -0.05) is 188 Å². The Morgan fingerprint density at radius 3 is 1.02 bits per heavy atom. The molecule has 0 atom stereocenters. The van der Waals surface area contributed by atoms with Crippen molar-refractivity contribution in [2.75, 3.05) is 4.90 Å². The van der Waals surface area contributed by atoms with E-state index in [9.17, 15) is 0 Å². The molecule has 0 N–H and O–H groups in total. The number of hydrogen-bond donors (Lipinski definition) is 0.